The molecule has 0 saturated carbocycles. The minimum absolute atomic E-state index is 0.206. The summed E-state index contributed by atoms with van der Waals surface area (Å²) in [6, 6.07) is 29.7. The molecule has 0 aliphatic carbocycles. The van der Waals surface area contributed by atoms with Crippen molar-refractivity contribution in [3.63, 3.8) is 0 Å². The predicted molar refractivity (Wildman–Crippen MR) is 185 cm³/mol. The number of hydrogen-bond acceptors (Lipinski definition) is 6. The molecule has 2 heterocycles. The Balaban J connectivity index is 1.44. The summed E-state index contributed by atoms with van der Waals surface area (Å²) in [6.07, 6.45) is 3.27. The molecule has 1 atom stereocenters. The van der Waals surface area contributed by atoms with Gasteiger partial charge in [-0.25, -0.2) is 9.79 Å². The lowest BCUT2D eigenvalue weighted by molar-refractivity contribution is -0.139. The third-order valence-electron chi connectivity index (χ3n) is 8.28. The van der Waals surface area contributed by atoms with Gasteiger partial charge in [0, 0.05) is 5.56 Å². The maximum absolute atomic E-state index is 14.3. The first-order valence-electron chi connectivity index (χ1n) is 15.9. The van der Waals surface area contributed by atoms with E-state index < -0.39 is 12.0 Å². The summed E-state index contributed by atoms with van der Waals surface area (Å²) < 4.78 is 14.1. The molecule has 1 aliphatic heterocycles. The number of rotatable bonds is 10. The van der Waals surface area contributed by atoms with Crippen molar-refractivity contribution in [2.45, 2.75) is 59.1 Å². The fourth-order valence-electron chi connectivity index (χ4n) is 5.95. The van der Waals surface area contributed by atoms with Gasteiger partial charge in [0.05, 0.1) is 28.5 Å². The van der Waals surface area contributed by atoms with Crippen LogP contribution in [0.4, 0.5) is 0 Å². The molecule has 234 valence electrons. The number of hydrogen-bond donors (Lipinski definition) is 0. The van der Waals surface area contributed by atoms with Crippen LogP contribution in [0.2, 0.25) is 0 Å². The number of thiazole rings is 1. The number of allylic oxidation sites excluding steroid dienone is 1. The van der Waals surface area contributed by atoms with Crippen LogP contribution in [0, 0.1) is 0 Å². The van der Waals surface area contributed by atoms with Crippen molar-refractivity contribution < 1.29 is 14.3 Å². The zero-order chi connectivity index (χ0) is 32.2. The summed E-state index contributed by atoms with van der Waals surface area (Å²) in [5.41, 5.74) is 4.82. The zero-order valence-corrected chi connectivity index (χ0v) is 27.5. The Kier molecular flexibility index (Phi) is 9.31. The summed E-state index contributed by atoms with van der Waals surface area (Å²) in [6.45, 7) is 8.77. The first-order valence-corrected chi connectivity index (χ1v) is 16.7. The van der Waals surface area contributed by atoms with Crippen molar-refractivity contribution in [1.29, 1.82) is 0 Å². The van der Waals surface area contributed by atoms with Crippen molar-refractivity contribution in [3.8, 4) is 5.75 Å². The second kappa shape index (κ2) is 13.7. The van der Waals surface area contributed by atoms with Gasteiger partial charge in [-0.1, -0.05) is 123 Å². The topological polar surface area (TPSA) is 69.9 Å². The Morgan fingerprint density at radius 3 is 2.46 bits per heavy atom. The molecule has 6 rings (SSSR count). The van der Waals surface area contributed by atoms with Gasteiger partial charge in [-0.3, -0.25) is 9.36 Å². The van der Waals surface area contributed by atoms with Gasteiger partial charge in [-0.05, 0) is 58.9 Å². The molecule has 6 nitrogen and oxygen atoms in total. The van der Waals surface area contributed by atoms with E-state index in [1.54, 1.807) is 11.5 Å². The number of ether oxygens (including phenoxy) is 2. The molecule has 0 fully saturated rings. The van der Waals surface area contributed by atoms with Crippen LogP contribution in [0.25, 0.3) is 16.8 Å². The summed E-state index contributed by atoms with van der Waals surface area (Å²) >= 11 is 1.33. The van der Waals surface area contributed by atoms with E-state index in [1.165, 1.54) is 16.9 Å². The summed E-state index contributed by atoms with van der Waals surface area (Å²) in [5.74, 6) is 0.602. The fraction of sp³-hybridized carbons (Fsp3) is 0.256. The largest absolute Gasteiger partial charge is 0.488 e. The average molecular weight is 631 g/mol. The first kappa shape index (κ1) is 31.2. The number of carbonyl (C=O) groups excluding carboxylic acids is 1. The van der Waals surface area contributed by atoms with E-state index in [0.29, 0.717) is 45.3 Å². The van der Waals surface area contributed by atoms with E-state index in [1.807, 2.05) is 60.7 Å². The van der Waals surface area contributed by atoms with Gasteiger partial charge in [-0.15, -0.1) is 0 Å². The third-order valence-corrected chi connectivity index (χ3v) is 9.26. The van der Waals surface area contributed by atoms with Crippen LogP contribution < -0.4 is 19.6 Å². The Labute approximate surface area is 273 Å². The number of para-hydroxylation sites is 1. The molecule has 4 aromatic carbocycles. The van der Waals surface area contributed by atoms with Crippen molar-refractivity contribution in [1.82, 2.24) is 4.57 Å². The number of carbonyl (C=O) groups is 1. The highest BCUT2D eigenvalue weighted by molar-refractivity contribution is 7.07. The quantitative estimate of drug-likeness (QED) is 0.151. The van der Waals surface area contributed by atoms with E-state index in [2.05, 4.69) is 57.2 Å². The third kappa shape index (κ3) is 6.20. The first-order chi connectivity index (χ1) is 22.4. The number of benzene rings is 4. The van der Waals surface area contributed by atoms with Crippen LogP contribution in [0.3, 0.4) is 0 Å². The average Bonchev–Trinajstić information content (AvgIpc) is 3.37. The normalized spacial score (nSPS) is 14.8. The number of nitrogens with zero attached hydrogens (tertiary/aromatic N) is 2. The molecule has 1 aliphatic rings. The highest BCUT2D eigenvalue weighted by atomic mass is 32.1. The van der Waals surface area contributed by atoms with Crippen molar-refractivity contribution in [3.05, 3.63) is 144 Å². The summed E-state index contributed by atoms with van der Waals surface area (Å²) in [4.78, 5) is 33.2. The van der Waals surface area contributed by atoms with Crippen LogP contribution in [0.1, 0.15) is 74.8 Å². The van der Waals surface area contributed by atoms with Gasteiger partial charge >= 0.3 is 5.97 Å². The summed E-state index contributed by atoms with van der Waals surface area (Å²) in [5, 5.41) is 2.31. The van der Waals surface area contributed by atoms with Crippen LogP contribution in [-0.2, 0) is 16.1 Å². The van der Waals surface area contributed by atoms with Crippen LogP contribution >= 0.6 is 11.3 Å². The van der Waals surface area contributed by atoms with Gasteiger partial charge in [0.15, 0.2) is 4.80 Å². The van der Waals surface area contributed by atoms with E-state index in [4.69, 9.17) is 14.5 Å². The minimum atomic E-state index is -0.641. The Morgan fingerprint density at radius 1 is 0.957 bits per heavy atom. The standard InChI is InChI=1S/C39H38N2O4S/c1-5-12-32-35(38(43)44-6-2)36(28-21-19-26(20-22-28)25(3)4)41-37(42)34(46-39(41)40-32)23-29-14-8-10-18-33(29)45-24-30-16-11-15-27-13-7-9-17-31(27)30/h7-11,13-23,25,36H,5-6,12,24H2,1-4H3/b34-23+/t36-/m0/s1. The van der Waals surface area contributed by atoms with Gasteiger partial charge < -0.3 is 9.47 Å². The lowest BCUT2D eigenvalue weighted by Crippen LogP contribution is -2.40. The summed E-state index contributed by atoms with van der Waals surface area (Å²) in [7, 11) is 0. The molecule has 7 heteroatoms. The van der Waals surface area contributed by atoms with Gasteiger partial charge in [0.2, 0.25) is 0 Å². The highest BCUT2D eigenvalue weighted by Crippen LogP contribution is 2.33. The zero-order valence-electron chi connectivity index (χ0n) is 26.7. The lowest BCUT2D eigenvalue weighted by Gasteiger charge is -2.26. The molecule has 46 heavy (non-hydrogen) atoms. The molecule has 0 amide bonds. The van der Waals surface area contributed by atoms with Gasteiger partial charge in [0.25, 0.3) is 5.56 Å². The molecular formula is C39H38N2O4S. The smallest absolute Gasteiger partial charge is 0.338 e. The molecule has 0 unspecified atom stereocenters. The fourth-order valence-corrected chi connectivity index (χ4v) is 6.96. The molecule has 0 saturated heterocycles. The molecule has 1 aromatic heterocycles. The number of aromatic nitrogens is 1. The van der Waals surface area contributed by atoms with Crippen molar-refractivity contribution in [2.75, 3.05) is 6.61 Å². The molecule has 0 radical (unpaired) electrons. The van der Waals surface area contributed by atoms with Gasteiger partial charge in [0.1, 0.15) is 12.4 Å². The molecule has 0 N–H and O–H groups in total. The van der Waals surface area contributed by atoms with Crippen LogP contribution in [0.5, 0.6) is 5.75 Å². The number of fused-ring (bicyclic) bond motifs is 2. The van der Waals surface area contributed by atoms with Crippen LogP contribution in [-0.4, -0.2) is 17.1 Å². The second-order valence-electron chi connectivity index (χ2n) is 11.7. The van der Waals surface area contributed by atoms with E-state index >= 15 is 0 Å². The minimum Gasteiger partial charge on any atom is -0.488 e. The molecular weight excluding hydrogens is 593 g/mol. The highest BCUT2D eigenvalue weighted by Gasteiger charge is 2.34. The lowest BCUT2D eigenvalue weighted by atomic mass is 9.92. The van der Waals surface area contributed by atoms with Crippen molar-refractivity contribution >= 4 is 34.2 Å². The van der Waals surface area contributed by atoms with Crippen molar-refractivity contribution in [2.24, 2.45) is 4.99 Å². The second-order valence-corrected chi connectivity index (χ2v) is 12.7. The Bertz CT molecular complexity index is 2100. The molecule has 0 spiro atoms. The maximum Gasteiger partial charge on any atom is 0.338 e. The van der Waals surface area contributed by atoms with E-state index in [0.717, 1.165) is 33.9 Å². The van der Waals surface area contributed by atoms with E-state index in [9.17, 15) is 9.59 Å². The molecule has 0 bridgehead atoms. The molecule has 5 aromatic rings. The SMILES string of the molecule is CCCC1=C(C(=O)OCC)[C@H](c2ccc(C(C)C)cc2)n2c(s/c(=C/c3ccccc3OCc3cccc4ccccc34)c2=O)=N1. The Morgan fingerprint density at radius 2 is 1.70 bits per heavy atom. The predicted octanol–water partition coefficient (Wildman–Crippen LogP) is 7.43. The van der Waals surface area contributed by atoms with Gasteiger partial charge in [-0.2, -0.15) is 0 Å². The maximum atomic E-state index is 14.3. The monoisotopic (exact) mass is 630 g/mol. The Hall–Kier alpha value is -4.75. The number of esters is 1. The van der Waals surface area contributed by atoms with Crippen LogP contribution in [0.15, 0.2) is 112 Å². The van der Waals surface area contributed by atoms with E-state index in [-0.39, 0.29) is 12.2 Å².